The van der Waals surface area contributed by atoms with Gasteiger partial charge in [0.15, 0.2) is 0 Å². The van der Waals surface area contributed by atoms with Crippen LogP contribution in [0.3, 0.4) is 0 Å². The van der Waals surface area contributed by atoms with E-state index in [1.165, 1.54) is 12.8 Å². The average molecular weight is 803 g/mol. The Morgan fingerprint density at radius 3 is 1.60 bits per heavy atom. The summed E-state index contributed by atoms with van der Waals surface area (Å²) < 4.78 is 34.0. The van der Waals surface area contributed by atoms with Gasteiger partial charge in [-0.05, 0) is 64.2 Å². The summed E-state index contributed by atoms with van der Waals surface area (Å²) in [6, 6.07) is 0. The van der Waals surface area contributed by atoms with Gasteiger partial charge in [0.1, 0.15) is 42.7 Å². The topological polar surface area (TPSA) is 192 Å². The van der Waals surface area contributed by atoms with Crippen molar-refractivity contribution in [1.82, 2.24) is 0 Å². The number of ether oxygens (including phenoxy) is 2. The van der Waals surface area contributed by atoms with Crippen molar-refractivity contribution >= 4 is 13.8 Å². The molecule has 0 heterocycles. The maximum absolute atomic E-state index is 12.8. The first-order chi connectivity index (χ1) is 26.5. The molecule has 55 heavy (non-hydrogen) atoms. The van der Waals surface area contributed by atoms with Crippen LogP contribution in [0.2, 0.25) is 0 Å². The molecule has 1 aliphatic carbocycles. The molecule has 1 fully saturated rings. The minimum absolute atomic E-state index is 0.0912. The predicted molar refractivity (Wildman–Crippen MR) is 216 cm³/mol. The summed E-state index contributed by atoms with van der Waals surface area (Å²) in [5.41, 5.74) is 0. The fraction of sp³-hybridized carbons (Fsp3) is 0.786. The zero-order chi connectivity index (χ0) is 40.6. The second kappa shape index (κ2) is 33.3. The van der Waals surface area contributed by atoms with E-state index in [0.717, 1.165) is 109 Å². The minimum atomic E-state index is -5.02. The highest BCUT2D eigenvalue weighted by Gasteiger charge is 2.51. The van der Waals surface area contributed by atoms with Gasteiger partial charge in [-0.25, -0.2) is 4.57 Å². The number of hydrogen-bond acceptors (Lipinski definition) is 11. The second-order valence-corrected chi connectivity index (χ2v) is 15.9. The molecule has 0 amide bonds. The van der Waals surface area contributed by atoms with Crippen LogP contribution in [0.1, 0.15) is 149 Å². The van der Waals surface area contributed by atoms with Crippen molar-refractivity contribution in [2.75, 3.05) is 19.8 Å². The molecule has 0 aromatic carbocycles. The van der Waals surface area contributed by atoms with Crippen LogP contribution in [0.15, 0.2) is 48.6 Å². The molecule has 1 aliphatic rings. The number of phosphoric ester groups is 1. The van der Waals surface area contributed by atoms with Gasteiger partial charge in [0.25, 0.3) is 0 Å². The van der Waals surface area contributed by atoms with Crippen molar-refractivity contribution in [3.8, 4) is 0 Å². The Hall–Kier alpha value is -1.70. The molecule has 1 rings (SSSR count). The summed E-state index contributed by atoms with van der Waals surface area (Å²) in [5.74, 6) is -0.499. The maximum atomic E-state index is 12.8. The van der Waals surface area contributed by atoms with Crippen molar-refractivity contribution in [2.24, 2.45) is 0 Å². The normalized spacial score (nSPS) is 23.7. The van der Waals surface area contributed by atoms with Gasteiger partial charge in [-0.1, -0.05) is 127 Å². The maximum Gasteiger partial charge on any atom is 0.472 e. The van der Waals surface area contributed by atoms with Crippen molar-refractivity contribution in [1.29, 1.82) is 0 Å². The molecule has 13 heteroatoms. The summed E-state index contributed by atoms with van der Waals surface area (Å²) in [6.07, 6.45) is 26.1. The van der Waals surface area contributed by atoms with Gasteiger partial charge in [0, 0.05) is 13.0 Å². The molecular formula is C42H75O12P. The molecule has 0 saturated heterocycles. The zero-order valence-corrected chi connectivity index (χ0v) is 34.6. The summed E-state index contributed by atoms with van der Waals surface area (Å²) in [5, 5.41) is 50.0. The van der Waals surface area contributed by atoms with Gasteiger partial charge < -0.3 is 39.9 Å². The lowest BCUT2D eigenvalue weighted by Gasteiger charge is -2.41. The Morgan fingerprint density at radius 1 is 0.582 bits per heavy atom. The van der Waals surface area contributed by atoms with Crippen LogP contribution in [-0.2, 0) is 27.9 Å². The number of rotatable bonds is 34. The molecule has 0 radical (unpaired) electrons. The number of carbonyl (C=O) groups is 1. The fourth-order valence-corrected chi connectivity index (χ4v) is 6.97. The fourth-order valence-electron chi connectivity index (χ4n) is 6.00. The summed E-state index contributed by atoms with van der Waals surface area (Å²) in [4.78, 5) is 23.1. The van der Waals surface area contributed by atoms with Crippen molar-refractivity contribution in [3.05, 3.63) is 48.6 Å². The highest BCUT2D eigenvalue weighted by Crippen LogP contribution is 2.47. The van der Waals surface area contributed by atoms with E-state index in [4.69, 9.17) is 18.5 Å². The van der Waals surface area contributed by atoms with Crippen LogP contribution in [0.4, 0.5) is 0 Å². The highest BCUT2D eigenvalue weighted by molar-refractivity contribution is 7.47. The monoisotopic (exact) mass is 802 g/mol. The number of esters is 1. The third kappa shape index (κ3) is 26.0. The number of carbonyl (C=O) groups excluding carboxylic acids is 1. The quantitative estimate of drug-likeness (QED) is 0.0161. The smallest absolute Gasteiger partial charge is 0.457 e. The number of unbranched alkanes of at least 4 members (excludes halogenated alkanes) is 14. The Bertz CT molecular complexity index is 1100. The van der Waals surface area contributed by atoms with Gasteiger partial charge in [0.2, 0.25) is 0 Å². The highest BCUT2D eigenvalue weighted by atomic mass is 31.2. The molecule has 0 bridgehead atoms. The Morgan fingerprint density at radius 2 is 1.05 bits per heavy atom. The summed E-state index contributed by atoms with van der Waals surface area (Å²) >= 11 is 0. The van der Waals surface area contributed by atoms with Gasteiger partial charge in [-0.15, -0.1) is 0 Å². The van der Waals surface area contributed by atoms with Crippen molar-refractivity contribution in [3.63, 3.8) is 0 Å². The van der Waals surface area contributed by atoms with Crippen molar-refractivity contribution in [2.45, 2.75) is 191 Å². The molecule has 0 aromatic rings. The third-order valence-electron chi connectivity index (χ3n) is 9.41. The van der Waals surface area contributed by atoms with E-state index in [9.17, 15) is 39.8 Å². The van der Waals surface area contributed by atoms with E-state index in [2.05, 4.69) is 62.5 Å². The molecule has 6 atom stereocenters. The number of phosphoric acid groups is 1. The van der Waals surface area contributed by atoms with Crippen LogP contribution < -0.4 is 0 Å². The second-order valence-electron chi connectivity index (χ2n) is 14.5. The molecule has 0 aliphatic heterocycles. The van der Waals surface area contributed by atoms with E-state index in [0.29, 0.717) is 13.0 Å². The van der Waals surface area contributed by atoms with E-state index in [1.807, 2.05) is 0 Å². The number of aliphatic hydroxyl groups excluding tert-OH is 5. The number of aliphatic hydroxyl groups is 5. The lowest BCUT2D eigenvalue weighted by molar-refractivity contribution is -0.220. The first-order valence-corrected chi connectivity index (χ1v) is 22.5. The van der Waals surface area contributed by atoms with Crippen LogP contribution in [0.25, 0.3) is 0 Å². The van der Waals surface area contributed by atoms with Crippen LogP contribution in [-0.4, -0.2) is 98.9 Å². The molecule has 6 unspecified atom stereocenters. The van der Waals surface area contributed by atoms with Gasteiger partial charge >= 0.3 is 13.8 Å². The first-order valence-electron chi connectivity index (χ1n) is 21.0. The predicted octanol–water partition coefficient (Wildman–Crippen LogP) is 7.69. The minimum Gasteiger partial charge on any atom is -0.457 e. The third-order valence-corrected chi connectivity index (χ3v) is 10.4. The lowest BCUT2D eigenvalue weighted by Crippen LogP contribution is -2.64. The van der Waals surface area contributed by atoms with Gasteiger partial charge in [-0.2, -0.15) is 0 Å². The lowest BCUT2D eigenvalue weighted by atomic mass is 9.85. The largest absolute Gasteiger partial charge is 0.472 e. The SMILES string of the molecule is CCC/C=C\C/C=C\CCCCCCCC(=O)OC(COCCCCCCCC/C=C\C/C=C\CCCC)COP(=O)(O)OC1C(O)C(O)C(O)C(O)C1O. The summed E-state index contributed by atoms with van der Waals surface area (Å²) in [7, 11) is -5.02. The average Bonchev–Trinajstić information content (AvgIpc) is 3.17. The number of hydrogen-bond donors (Lipinski definition) is 6. The van der Waals surface area contributed by atoms with E-state index >= 15 is 0 Å². The molecule has 0 aromatic heterocycles. The van der Waals surface area contributed by atoms with Gasteiger partial charge in [0.05, 0.1) is 13.2 Å². The molecule has 320 valence electrons. The molecule has 12 nitrogen and oxygen atoms in total. The number of allylic oxidation sites excluding steroid dienone is 8. The Balaban J connectivity index is 2.46. The molecule has 0 spiro atoms. The van der Waals surface area contributed by atoms with Crippen LogP contribution in [0, 0.1) is 0 Å². The summed E-state index contributed by atoms with van der Waals surface area (Å²) in [6.45, 7) is 4.09. The van der Waals surface area contributed by atoms with Crippen LogP contribution in [0.5, 0.6) is 0 Å². The molecule has 1 saturated carbocycles. The van der Waals surface area contributed by atoms with Gasteiger partial charge in [-0.3, -0.25) is 13.8 Å². The zero-order valence-electron chi connectivity index (χ0n) is 33.7. The van der Waals surface area contributed by atoms with E-state index in [1.54, 1.807) is 0 Å². The molecule has 6 N–H and O–H groups in total. The Labute approximate surface area is 331 Å². The van der Waals surface area contributed by atoms with E-state index in [-0.39, 0.29) is 13.0 Å². The molecular weight excluding hydrogens is 727 g/mol. The standard InChI is InChI=1S/C42H75O12P/c1-3-5-7-9-11-13-15-17-18-20-22-24-26-28-30-32-51-33-35(34-52-55(49,50)54-42-40(47)38(45)37(44)39(46)41(42)48)53-36(43)31-29-27-25-23-21-19-16-14-12-10-8-6-4-2/h8-11,14-17,35,37-42,44-48H,3-7,12-13,18-34H2,1-2H3,(H,49,50)/b10-8-,11-9-,16-14-,17-15-. The first kappa shape index (κ1) is 51.3. The van der Waals surface area contributed by atoms with E-state index < -0.39 is 63.1 Å². The van der Waals surface area contributed by atoms with Crippen LogP contribution >= 0.6 is 7.82 Å². The Kier molecular flexibility index (Phi) is 31.1. The van der Waals surface area contributed by atoms with Crippen molar-refractivity contribution < 1.29 is 58.3 Å².